The van der Waals surface area contributed by atoms with E-state index in [-0.39, 0.29) is 0 Å². The fourth-order valence-corrected chi connectivity index (χ4v) is 14.0. The van der Waals surface area contributed by atoms with Crippen LogP contribution >= 0.6 is 11.3 Å². The average Bonchev–Trinajstić information content (AvgIpc) is 4.30. The predicted molar refractivity (Wildman–Crippen MR) is 311 cm³/mol. The van der Waals surface area contributed by atoms with E-state index in [2.05, 4.69) is 200 Å². The number of hydrogen-bond acceptors (Lipinski definition) is 6. The SMILES string of the molecule is c1cc(-c2ccc3c(c2)C2(c4ccccc4-c4ccccc42)c2ccccc2-3)cc(-c2ccc3oc4cccc(-c5nc(-c6ccc7oc8ccccc8c7c6)nc(-c6cccc7sc8ccccc8c67)n5)c4c3c2)c1. The summed E-state index contributed by atoms with van der Waals surface area (Å²) < 4.78 is 15.4. The number of para-hydroxylation sites is 1. The van der Waals surface area contributed by atoms with Crippen LogP contribution in [0.3, 0.4) is 0 Å². The largest absolute Gasteiger partial charge is 0.456 e. The summed E-state index contributed by atoms with van der Waals surface area (Å²) in [6, 6.07) is 85.2. The minimum absolute atomic E-state index is 0.411. The van der Waals surface area contributed by atoms with Crippen LogP contribution < -0.4 is 0 Å². The van der Waals surface area contributed by atoms with Crippen molar-refractivity contribution in [1.29, 1.82) is 0 Å². The summed E-state index contributed by atoms with van der Waals surface area (Å²) >= 11 is 1.79. The molecule has 0 bridgehead atoms. The van der Waals surface area contributed by atoms with E-state index in [1.165, 1.54) is 64.9 Å². The third-order valence-electron chi connectivity index (χ3n) is 16.2. The van der Waals surface area contributed by atoms with Gasteiger partial charge in [-0.1, -0.05) is 170 Å². The molecular formula is C70H39N3O2S. The Labute approximate surface area is 439 Å². The van der Waals surface area contributed by atoms with E-state index in [1.54, 1.807) is 11.3 Å². The third kappa shape index (κ3) is 5.81. The van der Waals surface area contributed by atoms with Gasteiger partial charge in [-0.25, -0.2) is 15.0 Å². The number of benzene rings is 11. The molecule has 15 aromatic rings. The average molecular weight is 986 g/mol. The molecule has 5 nitrogen and oxygen atoms in total. The van der Waals surface area contributed by atoms with Gasteiger partial charge >= 0.3 is 0 Å². The standard InChI is InChI=1S/C70H39N3O2S/c1-6-23-55-45(16-1)46-17-2-7-24-56(46)70(55)57-25-8-3-18-47(57)48-33-30-43(39-58(48)70)41-15-11-14-40(36-41)42-31-34-61-54(37-42)65-51(21-12-27-62(65)75-61)68-71-67(44-32-35-60-53(38-44)49-19-4-9-26-59(49)74-60)72-69(73-68)52-22-13-29-64-66(52)50-20-5-10-28-63(50)76-64/h1-39H. The minimum Gasteiger partial charge on any atom is -0.456 e. The first-order chi connectivity index (χ1) is 37.6. The van der Waals surface area contributed by atoms with E-state index in [4.69, 9.17) is 23.8 Å². The van der Waals surface area contributed by atoms with Gasteiger partial charge in [0.15, 0.2) is 17.5 Å². The zero-order valence-electron chi connectivity index (χ0n) is 40.6. The lowest BCUT2D eigenvalue weighted by molar-refractivity contribution is 0.668. The van der Waals surface area contributed by atoms with E-state index < -0.39 is 5.41 Å². The molecule has 1 spiro atoms. The maximum atomic E-state index is 6.69. The Morgan fingerprint density at radius 1 is 0.276 bits per heavy atom. The molecule has 4 aromatic heterocycles. The van der Waals surface area contributed by atoms with E-state index in [0.717, 1.165) is 82.6 Å². The minimum atomic E-state index is -0.411. The van der Waals surface area contributed by atoms with Crippen LogP contribution in [-0.2, 0) is 5.41 Å². The van der Waals surface area contributed by atoms with Gasteiger partial charge in [-0.05, 0) is 133 Å². The normalized spacial score (nSPS) is 13.1. The summed E-state index contributed by atoms with van der Waals surface area (Å²) in [5, 5.41) is 6.33. The lowest BCUT2D eigenvalue weighted by Crippen LogP contribution is -2.25. The summed E-state index contributed by atoms with van der Waals surface area (Å²) in [6.07, 6.45) is 0. The van der Waals surface area contributed by atoms with Gasteiger partial charge < -0.3 is 8.83 Å². The van der Waals surface area contributed by atoms with E-state index in [1.807, 2.05) is 36.4 Å². The van der Waals surface area contributed by atoms with Crippen molar-refractivity contribution in [3.05, 3.63) is 259 Å². The second kappa shape index (κ2) is 15.6. The number of furan rings is 2. The topological polar surface area (TPSA) is 65.0 Å². The van der Waals surface area contributed by atoms with Crippen LogP contribution in [0.25, 0.3) is 143 Å². The molecule has 2 aliphatic carbocycles. The van der Waals surface area contributed by atoms with Crippen molar-refractivity contribution in [1.82, 2.24) is 15.0 Å². The summed E-state index contributed by atoms with van der Waals surface area (Å²) in [4.78, 5) is 16.1. The van der Waals surface area contributed by atoms with Crippen LogP contribution in [0, 0.1) is 0 Å². The molecule has 0 saturated heterocycles. The third-order valence-corrected chi connectivity index (χ3v) is 17.3. The summed E-state index contributed by atoms with van der Waals surface area (Å²) in [5.74, 6) is 1.75. The van der Waals surface area contributed by atoms with Gasteiger partial charge in [-0.3, -0.25) is 0 Å². The molecule has 0 unspecified atom stereocenters. The van der Waals surface area contributed by atoms with Crippen LogP contribution in [0.5, 0.6) is 0 Å². The molecule has 2 aliphatic rings. The number of hydrogen-bond donors (Lipinski definition) is 0. The molecule has 0 radical (unpaired) electrons. The van der Waals surface area contributed by atoms with Crippen molar-refractivity contribution >= 4 is 75.4 Å². The van der Waals surface area contributed by atoms with Crippen molar-refractivity contribution in [2.45, 2.75) is 5.41 Å². The highest BCUT2D eigenvalue weighted by Gasteiger charge is 2.51. The van der Waals surface area contributed by atoms with Gasteiger partial charge in [0.2, 0.25) is 0 Å². The lowest BCUT2D eigenvalue weighted by Gasteiger charge is -2.30. The van der Waals surface area contributed by atoms with Crippen molar-refractivity contribution in [3.8, 4) is 78.7 Å². The molecule has 6 heteroatoms. The van der Waals surface area contributed by atoms with Crippen LogP contribution in [0.4, 0.5) is 0 Å². The number of thiophene rings is 1. The van der Waals surface area contributed by atoms with Gasteiger partial charge in [0.25, 0.3) is 0 Å². The first-order valence-electron chi connectivity index (χ1n) is 25.7. The maximum Gasteiger partial charge on any atom is 0.164 e. The molecule has 0 N–H and O–H groups in total. The van der Waals surface area contributed by atoms with Crippen LogP contribution in [0.2, 0.25) is 0 Å². The van der Waals surface area contributed by atoms with Crippen molar-refractivity contribution in [2.75, 3.05) is 0 Å². The first kappa shape index (κ1) is 41.7. The Morgan fingerprint density at radius 2 is 0.750 bits per heavy atom. The summed E-state index contributed by atoms with van der Waals surface area (Å²) in [5.41, 5.74) is 20.6. The summed E-state index contributed by atoms with van der Waals surface area (Å²) in [7, 11) is 0. The fourth-order valence-electron chi connectivity index (χ4n) is 12.9. The first-order valence-corrected chi connectivity index (χ1v) is 26.5. The number of fused-ring (bicyclic) bond motifs is 19. The van der Waals surface area contributed by atoms with Crippen LogP contribution in [0.1, 0.15) is 22.3 Å². The number of nitrogens with zero attached hydrogens (tertiary/aromatic N) is 3. The molecule has 0 aliphatic heterocycles. The molecule has 17 rings (SSSR count). The summed E-state index contributed by atoms with van der Waals surface area (Å²) in [6.45, 7) is 0. The molecular weight excluding hydrogens is 947 g/mol. The zero-order chi connectivity index (χ0) is 49.6. The zero-order valence-corrected chi connectivity index (χ0v) is 41.4. The van der Waals surface area contributed by atoms with E-state index in [0.29, 0.717) is 17.5 Å². The van der Waals surface area contributed by atoms with Gasteiger partial charge in [0.05, 0.1) is 5.41 Å². The van der Waals surface area contributed by atoms with E-state index >= 15 is 0 Å². The number of rotatable bonds is 5. The second-order valence-electron chi connectivity index (χ2n) is 20.1. The Bertz CT molecular complexity index is 4920. The fraction of sp³-hybridized carbons (Fsp3) is 0.0143. The Kier molecular flexibility index (Phi) is 8.58. The van der Waals surface area contributed by atoms with Crippen molar-refractivity contribution in [3.63, 3.8) is 0 Å². The molecule has 0 fully saturated rings. The lowest BCUT2D eigenvalue weighted by atomic mass is 9.70. The van der Waals surface area contributed by atoms with Gasteiger partial charge in [-0.15, -0.1) is 11.3 Å². The number of aromatic nitrogens is 3. The Balaban J connectivity index is 0.822. The van der Waals surface area contributed by atoms with Gasteiger partial charge in [-0.2, -0.15) is 0 Å². The molecule has 0 atom stereocenters. The highest BCUT2D eigenvalue weighted by atomic mass is 32.1. The molecule has 4 heterocycles. The molecule has 352 valence electrons. The van der Waals surface area contributed by atoms with E-state index in [9.17, 15) is 0 Å². The van der Waals surface area contributed by atoms with Crippen LogP contribution in [-0.4, -0.2) is 15.0 Å². The van der Waals surface area contributed by atoms with Gasteiger partial charge in [0.1, 0.15) is 22.3 Å². The van der Waals surface area contributed by atoms with Crippen LogP contribution in [0.15, 0.2) is 245 Å². The monoisotopic (exact) mass is 985 g/mol. The Morgan fingerprint density at radius 3 is 1.50 bits per heavy atom. The quantitative estimate of drug-likeness (QED) is 0.172. The van der Waals surface area contributed by atoms with Gasteiger partial charge in [0, 0.05) is 58.4 Å². The smallest absolute Gasteiger partial charge is 0.164 e. The van der Waals surface area contributed by atoms with Crippen molar-refractivity contribution in [2.24, 2.45) is 0 Å². The molecule has 76 heavy (non-hydrogen) atoms. The van der Waals surface area contributed by atoms with Crippen molar-refractivity contribution < 1.29 is 8.83 Å². The Hall–Kier alpha value is -9.75. The maximum absolute atomic E-state index is 6.69. The molecule has 0 amide bonds. The predicted octanol–water partition coefficient (Wildman–Crippen LogP) is 18.7. The highest BCUT2D eigenvalue weighted by molar-refractivity contribution is 7.25. The molecule has 11 aromatic carbocycles. The molecule has 0 saturated carbocycles. The second-order valence-corrected chi connectivity index (χ2v) is 21.2. The highest BCUT2D eigenvalue weighted by Crippen LogP contribution is 2.63.